The first kappa shape index (κ1) is 20.0. The van der Waals surface area contributed by atoms with Gasteiger partial charge in [-0.05, 0) is 37.3 Å². The predicted octanol–water partition coefficient (Wildman–Crippen LogP) is 3.63. The summed E-state index contributed by atoms with van der Waals surface area (Å²) in [6.07, 6.45) is 1.45. The van der Waals surface area contributed by atoms with Gasteiger partial charge in [-0.25, -0.2) is 0 Å². The first-order valence-corrected chi connectivity index (χ1v) is 9.21. The monoisotopic (exact) mass is 394 g/mol. The van der Waals surface area contributed by atoms with E-state index in [-0.39, 0.29) is 24.9 Å². The Morgan fingerprint density at radius 2 is 1.76 bits per heavy atom. The SMILES string of the molecule is CCNC(=O)COc1cccc(NC(=O)c2occc2COc2ccccc2)c1. The zero-order valence-electron chi connectivity index (χ0n) is 16.0. The van der Waals surface area contributed by atoms with E-state index in [1.54, 1.807) is 30.3 Å². The summed E-state index contributed by atoms with van der Waals surface area (Å²) in [7, 11) is 0. The smallest absolute Gasteiger partial charge is 0.291 e. The van der Waals surface area contributed by atoms with Crippen LogP contribution < -0.4 is 20.1 Å². The number of ether oxygens (including phenoxy) is 2. The van der Waals surface area contributed by atoms with E-state index in [1.165, 1.54) is 6.26 Å². The second-order valence-corrected chi connectivity index (χ2v) is 6.10. The van der Waals surface area contributed by atoms with Gasteiger partial charge in [-0.2, -0.15) is 0 Å². The van der Waals surface area contributed by atoms with E-state index < -0.39 is 5.91 Å². The highest BCUT2D eigenvalue weighted by atomic mass is 16.5. The number of hydrogen-bond donors (Lipinski definition) is 2. The van der Waals surface area contributed by atoms with Crippen LogP contribution in [0.4, 0.5) is 5.69 Å². The summed E-state index contributed by atoms with van der Waals surface area (Å²) < 4.78 is 16.5. The summed E-state index contributed by atoms with van der Waals surface area (Å²) in [6, 6.07) is 17.8. The van der Waals surface area contributed by atoms with Crippen LogP contribution in [0, 0.1) is 0 Å². The van der Waals surface area contributed by atoms with Crippen molar-refractivity contribution < 1.29 is 23.5 Å². The Labute approximate surface area is 168 Å². The van der Waals surface area contributed by atoms with Gasteiger partial charge < -0.3 is 24.5 Å². The van der Waals surface area contributed by atoms with E-state index >= 15 is 0 Å². The van der Waals surface area contributed by atoms with Gasteiger partial charge in [0, 0.05) is 23.9 Å². The fourth-order valence-electron chi connectivity index (χ4n) is 2.57. The molecule has 7 heteroatoms. The van der Waals surface area contributed by atoms with E-state index in [4.69, 9.17) is 13.9 Å². The molecule has 0 saturated carbocycles. The molecule has 2 amide bonds. The van der Waals surface area contributed by atoms with Crippen LogP contribution in [0.25, 0.3) is 0 Å². The standard InChI is InChI=1S/C22H22N2O5/c1-2-23-20(25)15-29-19-10-6-7-17(13-19)24-22(26)21-16(11-12-27-21)14-28-18-8-4-3-5-9-18/h3-13H,2,14-15H2,1H3,(H,23,25)(H,24,26). The van der Waals surface area contributed by atoms with Gasteiger partial charge in [0.25, 0.3) is 11.8 Å². The topological polar surface area (TPSA) is 89.8 Å². The average molecular weight is 394 g/mol. The third-order valence-corrected chi connectivity index (χ3v) is 3.93. The molecule has 0 aliphatic heterocycles. The van der Waals surface area contributed by atoms with Gasteiger partial charge in [0.1, 0.15) is 18.1 Å². The number of carbonyl (C=O) groups is 2. The number of para-hydroxylation sites is 1. The molecule has 0 radical (unpaired) electrons. The van der Waals surface area contributed by atoms with E-state index in [0.29, 0.717) is 29.3 Å². The second-order valence-electron chi connectivity index (χ2n) is 6.10. The third-order valence-electron chi connectivity index (χ3n) is 3.93. The highest BCUT2D eigenvalue weighted by molar-refractivity contribution is 6.03. The Kier molecular flexibility index (Phi) is 6.89. The van der Waals surface area contributed by atoms with Gasteiger partial charge in [0.05, 0.1) is 6.26 Å². The van der Waals surface area contributed by atoms with Crippen LogP contribution in [0.2, 0.25) is 0 Å². The summed E-state index contributed by atoms with van der Waals surface area (Å²) in [5.74, 6) is 0.746. The predicted molar refractivity (Wildman–Crippen MR) is 108 cm³/mol. The Morgan fingerprint density at radius 1 is 0.966 bits per heavy atom. The molecule has 29 heavy (non-hydrogen) atoms. The zero-order chi connectivity index (χ0) is 20.5. The molecule has 0 unspecified atom stereocenters. The number of anilines is 1. The minimum Gasteiger partial charge on any atom is -0.489 e. The quantitative estimate of drug-likeness (QED) is 0.579. The highest BCUT2D eigenvalue weighted by Gasteiger charge is 2.16. The molecule has 1 aromatic heterocycles. The molecule has 2 aromatic carbocycles. The lowest BCUT2D eigenvalue weighted by atomic mass is 10.2. The summed E-state index contributed by atoms with van der Waals surface area (Å²) in [6.45, 7) is 2.49. The molecule has 150 valence electrons. The van der Waals surface area contributed by atoms with Crippen LogP contribution in [0.5, 0.6) is 11.5 Å². The van der Waals surface area contributed by atoms with Gasteiger partial charge in [0.2, 0.25) is 0 Å². The van der Waals surface area contributed by atoms with Crippen LogP contribution in [0.1, 0.15) is 23.0 Å². The number of likely N-dealkylation sites (N-methyl/N-ethyl adjacent to an activating group) is 1. The number of nitrogens with one attached hydrogen (secondary N) is 2. The molecular formula is C22H22N2O5. The largest absolute Gasteiger partial charge is 0.489 e. The maximum Gasteiger partial charge on any atom is 0.291 e. The fraction of sp³-hybridized carbons (Fsp3) is 0.182. The van der Waals surface area contributed by atoms with Crippen molar-refractivity contribution in [3.8, 4) is 11.5 Å². The van der Waals surface area contributed by atoms with Crippen molar-refractivity contribution in [2.45, 2.75) is 13.5 Å². The number of hydrogen-bond acceptors (Lipinski definition) is 5. The van der Waals surface area contributed by atoms with E-state index in [0.717, 1.165) is 0 Å². The van der Waals surface area contributed by atoms with Crippen LogP contribution in [-0.4, -0.2) is 25.0 Å². The maximum absolute atomic E-state index is 12.6. The highest BCUT2D eigenvalue weighted by Crippen LogP contribution is 2.20. The van der Waals surface area contributed by atoms with Crippen LogP contribution in [-0.2, 0) is 11.4 Å². The first-order chi connectivity index (χ1) is 14.2. The van der Waals surface area contributed by atoms with E-state index in [1.807, 2.05) is 37.3 Å². The molecule has 3 rings (SSSR count). The number of carbonyl (C=O) groups excluding carboxylic acids is 2. The Balaban J connectivity index is 1.60. The van der Waals surface area contributed by atoms with Crippen LogP contribution in [0.3, 0.4) is 0 Å². The molecule has 3 aromatic rings. The summed E-state index contributed by atoms with van der Waals surface area (Å²) in [5, 5.41) is 5.42. The number of amides is 2. The summed E-state index contributed by atoms with van der Waals surface area (Å²) in [5.41, 5.74) is 1.16. The minimum absolute atomic E-state index is 0.0929. The average Bonchev–Trinajstić information content (AvgIpc) is 3.21. The van der Waals surface area contributed by atoms with Crippen molar-refractivity contribution in [1.82, 2.24) is 5.32 Å². The Bertz CT molecular complexity index is 953. The van der Waals surface area contributed by atoms with E-state index in [9.17, 15) is 9.59 Å². The lowest BCUT2D eigenvalue weighted by molar-refractivity contribution is -0.122. The van der Waals surface area contributed by atoms with Crippen LogP contribution in [0.15, 0.2) is 71.3 Å². The van der Waals surface area contributed by atoms with Gasteiger partial charge in [-0.1, -0.05) is 24.3 Å². The number of furan rings is 1. The molecule has 0 spiro atoms. The molecule has 1 heterocycles. The maximum atomic E-state index is 12.6. The number of benzene rings is 2. The molecule has 0 atom stereocenters. The Hall–Kier alpha value is -3.74. The van der Waals surface area contributed by atoms with Crippen molar-refractivity contribution in [2.24, 2.45) is 0 Å². The van der Waals surface area contributed by atoms with Gasteiger partial charge >= 0.3 is 0 Å². The van der Waals surface area contributed by atoms with Crippen molar-refractivity contribution >= 4 is 17.5 Å². The molecule has 7 nitrogen and oxygen atoms in total. The Morgan fingerprint density at radius 3 is 2.55 bits per heavy atom. The second kappa shape index (κ2) is 9.98. The number of rotatable bonds is 9. The third kappa shape index (κ3) is 5.87. The normalized spacial score (nSPS) is 10.2. The van der Waals surface area contributed by atoms with Gasteiger partial charge in [-0.3, -0.25) is 9.59 Å². The lowest BCUT2D eigenvalue weighted by Gasteiger charge is -2.09. The molecule has 0 aliphatic rings. The zero-order valence-corrected chi connectivity index (χ0v) is 16.0. The first-order valence-electron chi connectivity index (χ1n) is 9.21. The molecule has 0 saturated heterocycles. The van der Waals surface area contributed by atoms with Crippen molar-refractivity contribution in [1.29, 1.82) is 0 Å². The lowest BCUT2D eigenvalue weighted by Crippen LogP contribution is -2.28. The van der Waals surface area contributed by atoms with Crippen molar-refractivity contribution in [3.63, 3.8) is 0 Å². The molecule has 0 fully saturated rings. The summed E-state index contributed by atoms with van der Waals surface area (Å²) >= 11 is 0. The van der Waals surface area contributed by atoms with Crippen molar-refractivity contribution in [3.05, 3.63) is 78.3 Å². The van der Waals surface area contributed by atoms with Crippen molar-refractivity contribution in [2.75, 3.05) is 18.5 Å². The molecule has 2 N–H and O–H groups in total. The van der Waals surface area contributed by atoms with E-state index in [2.05, 4.69) is 10.6 Å². The summed E-state index contributed by atoms with van der Waals surface area (Å²) in [4.78, 5) is 24.1. The van der Waals surface area contributed by atoms with Gasteiger partial charge in [0.15, 0.2) is 12.4 Å². The fourth-order valence-corrected chi connectivity index (χ4v) is 2.57. The molecule has 0 bridgehead atoms. The van der Waals surface area contributed by atoms with Gasteiger partial charge in [-0.15, -0.1) is 0 Å². The molecular weight excluding hydrogens is 372 g/mol. The molecule has 0 aliphatic carbocycles. The minimum atomic E-state index is -0.400. The van der Waals surface area contributed by atoms with Crippen LogP contribution >= 0.6 is 0 Å².